The summed E-state index contributed by atoms with van der Waals surface area (Å²) >= 11 is 0. The standard InChI is InChI=1S/C20H29N5O/c1-2-9-22-20-23-13-19-17(14-7-10-21-11-8-14)12-18(25(19)24-20)15-3-5-16(26)6-4-15/h7,12-13,15-16,21,26H,2-6,8-11H2,1H3,(H,22,24). The molecule has 2 aliphatic rings. The van der Waals surface area contributed by atoms with Crippen molar-refractivity contribution in [3.05, 3.63) is 29.6 Å². The molecule has 26 heavy (non-hydrogen) atoms. The zero-order valence-corrected chi connectivity index (χ0v) is 15.5. The molecular formula is C20H29N5O. The Kier molecular flexibility index (Phi) is 5.22. The van der Waals surface area contributed by atoms with Crippen LogP contribution < -0.4 is 10.6 Å². The molecule has 6 nitrogen and oxygen atoms in total. The van der Waals surface area contributed by atoms with Crippen LogP contribution in [0.15, 0.2) is 18.3 Å². The first kappa shape index (κ1) is 17.5. The highest BCUT2D eigenvalue weighted by molar-refractivity contribution is 5.80. The van der Waals surface area contributed by atoms with Crippen LogP contribution in [-0.2, 0) is 0 Å². The van der Waals surface area contributed by atoms with Crippen LogP contribution in [-0.4, -0.2) is 45.4 Å². The monoisotopic (exact) mass is 355 g/mol. The van der Waals surface area contributed by atoms with Crippen molar-refractivity contribution in [1.82, 2.24) is 19.9 Å². The van der Waals surface area contributed by atoms with Crippen LogP contribution >= 0.6 is 0 Å². The van der Waals surface area contributed by atoms with E-state index in [1.807, 2.05) is 6.20 Å². The number of aliphatic hydroxyl groups is 1. The zero-order valence-electron chi connectivity index (χ0n) is 15.5. The van der Waals surface area contributed by atoms with Crippen molar-refractivity contribution in [2.75, 3.05) is 25.0 Å². The first-order valence-electron chi connectivity index (χ1n) is 9.97. The lowest BCUT2D eigenvalue weighted by atomic mass is 9.85. The van der Waals surface area contributed by atoms with Gasteiger partial charge in [-0.05, 0) is 56.7 Å². The maximum Gasteiger partial charge on any atom is 0.241 e. The van der Waals surface area contributed by atoms with E-state index in [0.29, 0.717) is 11.9 Å². The molecular weight excluding hydrogens is 326 g/mol. The van der Waals surface area contributed by atoms with Crippen LogP contribution in [0.25, 0.3) is 11.1 Å². The largest absolute Gasteiger partial charge is 0.393 e. The van der Waals surface area contributed by atoms with Gasteiger partial charge in [0.2, 0.25) is 5.95 Å². The molecule has 0 bridgehead atoms. The molecule has 0 saturated heterocycles. The number of fused-ring (bicyclic) bond motifs is 1. The van der Waals surface area contributed by atoms with E-state index < -0.39 is 0 Å². The molecule has 4 rings (SSSR count). The van der Waals surface area contributed by atoms with Crippen molar-refractivity contribution >= 4 is 17.0 Å². The second-order valence-electron chi connectivity index (χ2n) is 7.48. The average molecular weight is 355 g/mol. The number of aromatic nitrogens is 3. The van der Waals surface area contributed by atoms with Crippen molar-refractivity contribution in [2.24, 2.45) is 0 Å². The van der Waals surface area contributed by atoms with Gasteiger partial charge in [0.1, 0.15) is 0 Å². The van der Waals surface area contributed by atoms with E-state index in [1.165, 1.54) is 16.8 Å². The summed E-state index contributed by atoms with van der Waals surface area (Å²) in [6.45, 7) is 4.96. The van der Waals surface area contributed by atoms with Gasteiger partial charge in [0.05, 0.1) is 17.8 Å². The van der Waals surface area contributed by atoms with Crippen molar-refractivity contribution in [3.63, 3.8) is 0 Å². The molecule has 140 valence electrons. The van der Waals surface area contributed by atoms with Crippen LogP contribution in [0, 0.1) is 0 Å². The van der Waals surface area contributed by atoms with Gasteiger partial charge in [0.15, 0.2) is 0 Å². The van der Waals surface area contributed by atoms with Gasteiger partial charge in [-0.1, -0.05) is 13.0 Å². The second kappa shape index (κ2) is 7.76. The minimum Gasteiger partial charge on any atom is -0.393 e. The number of nitrogens with zero attached hydrogens (tertiary/aromatic N) is 3. The Hall–Kier alpha value is -1.92. The predicted molar refractivity (Wildman–Crippen MR) is 104 cm³/mol. The third-order valence-corrected chi connectivity index (χ3v) is 5.60. The van der Waals surface area contributed by atoms with Crippen molar-refractivity contribution in [3.8, 4) is 0 Å². The summed E-state index contributed by atoms with van der Waals surface area (Å²) < 4.78 is 2.10. The summed E-state index contributed by atoms with van der Waals surface area (Å²) in [7, 11) is 0. The van der Waals surface area contributed by atoms with E-state index in [0.717, 1.165) is 63.7 Å². The topological polar surface area (TPSA) is 74.5 Å². The number of aliphatic hydroxyl groups excluding tert-OH is 1. The molecule has 1 aliphatic carbocycles. The molecule has 1 aliphatic heterocycles. The van der Waals surface area contributed by atoms with Gasteiger partial charge in [-0.2, -0.15) is 0 Å². The number of hydrogen-bond acceptors (Lipinski definition) is 5. The molecule has 0 aromatic carbocycles. The van der Waals surface area contributed by atoms with Gasteiger partial charge in [0.25, 0.3) is 0 Å². The fourth-order valence-electron chi connectivity index (χ4n) is 4.12. The molecule has 0 radical (unpaired) electrons. The van der Waals surface area contributed by atoms with Gasteiger partial charge >= 0.3 is 0 Å². The normalized spacial score (nSPS) is 23.8. The van der Waals surface area contributed by atoms with E-state index in [9.17, 15) is 5.11 Å². The summed E-state index contributed by atoms with van der Waals surface area (Å²) in [6, 6.07) is 2.33. The molecule has 3 N–H and O–H groups in total. The first-order valence-corrected chi connectivity index (χ1v) is 9.97. The van der Waals surface area contributed by atoms with E-state index in [-0.39, 0.29) is 6.10 Å². The Bertz CT molecular complexity index is 789. The lowest BCUT2D eigenvalue weighted by Crippen LogP contribution is -2.20. The summed E-state index contributed by atoms with van der Waals surface area (Å²) in [5.74, 6) is 1.15. The number of anilines is 1. The predicted octanol–water partition coefficient (Wildman–Crippen LogP) is 2.95. The minimum absolute atomic E-state index is 0.138. The number of rotatable bonds is 5. The Balaban J connectivity index is 1.76. The molecule has 2 aromatic heterocycles. The van der Waals surface area contributed by atoms with Crippen molar-refractivity contribution in [2.45, 2.75) is 57.5 Å². The maximum absolute atomic E-state index is 9.88. The average Bonchev–Trinajstić information content (AvgIpc) is 3.06. The van der Waals surface area contributed by atoms with E-state index in [2.05, 4.69) is 39.2 Å². The van der Waals surface area contributed by atoms with Gasteiger partial charge in [-0.3, -0.25) is 0 Å². The smallest absolute Gasteiger partial charge is 0.241 e. The SMILES string of the molecule is CCCNc1ncc2c(C3=CCNCC3)cc(C3CCC(O)CC3)n2n1. The molecule has 0 unspecified atom stereocenters. The first-order chi connectivity index (χ1) is 12.8. The molecule has 0 amide bonds. The molecule has 6 heteroatoms. The molecule has 0 atom stereocenters. The lowest BCUT2D eigenvalue weighted by molar-refractivity contribution is 0.121. The van der Waals surface area contributed by atoms with E-state index in [1.54, 1.807) is 0 Å². The highest BCUT2D eigenvalue weighted by Gasteiger charge is 2.26. The quantitative estimate of drug-likeness (QED) is 0.769. The molecule has 0 spiro atoms. The lowest BCUT2D eigenvalue weighted by Gasteiger charge is -2.25. The maximum atomic E-state index is 9.88. The van der Waals surface area contributed by atoms with E-state index in [4.69, 9.17) is 5.10 Å². The van der Waals surface area contributed by atoms with Gasteiger partial charge < -0.3 is 15.7 Å². The van der Waals surface area contributed by atoms with Crippen molar-refractivity contribution < 1.29 is 5.11 Å². The van der Waals surface area contributed by atoms with Gasteiger partial charge in [-0.25, -0.2) is 9.50 Å². The summed E-state index contributed by atoms with van der Waals surface area (Å²) in [5.41, 5.74) is 5.03. The molecule has 2 aromatic rings. The Labute approximate surface area is 154 Å². The van der Waals surface area contributed by atoms with Gasteiger partial charge in [0, 0.05) is 30.3 Å². The van der Waals surface area contributed by atoms with Gasteiger partial charge in [-0.15, -0.1) is 5.10 Å². The van der Waals surface area contributed by atoms with Crippen LogP contribution in [0.5, 0.6) is 0 Å². The Morgan fingerprint density at radius 2 is 2.15 bits per heavy atom. The Morgan fingerprint density at radius 1 is 1.31 bits per heavy atom. The third kappa shape index (κ3) is 3.48. The zero-order chi connectivity index (χ0) is 17.9. The fraction of sp³-hybridized carbons (Fsp3) is 0.600. The van der Waals surface area contributed by atoms with Crippen LogP contribution in [0.1, 0.15) is 62.6 Å². The molecule has 1 fully saturated rings. The third-order valence-electron chi connectivity index (χ3n) is 5.60. The summed E-state index contributed by atoms with van der Waals surface area (Å²) in [5, 5.41) is 21.4. The van der Waals surface area contributed by atoms with Crippen LogP contribution in [0.4, 0.5) is 5.95 Å². The minimum atomic E-state index is -0.138. The Morgan fingerprint density at radius 3 is 2.88 bits per heavy atom. The second-order valence-corrected chi connectivity index (χ2v) is 7.48. The summed E-state index contributed by atoms with van der Waals surface area (Å²) in [6.07, 6.45) is 10.0. The highest BCUT2D eigenvalue weighted by Crippen LogP contribution is 2.37. The van der Waals surface area contributed by atoms with Crippen molar-refractivity contribution in [1.29, 1.82) is 0 Å². The van der Waals surface area contributed by atoms with Crippen LogP contribution in [0.2, 0.25) is 0 Å². The number of nitrogens with one attached hydrogen (secondary N) is 2. The molecule has 1 saturated carbocycles. The highest BCUT2D eigenvalue weighted by atomic mass is 16.3. The molecule has 3 heterocycles. The van der Waals surface area contributed by atoms with Crippen LogP contribution in [0.3, 0.4) is 0 Å². The number of hydrogen-bond donors (Lipinski definition) is 3. The summed E-state index contributed by atoms with van der Waals surface area (Å²) in [4.78, 5) is 4.54. The van der Waals surface area contributed by atoms with E-state index >= 15 is 0 Å². The fourth-order valence-corrected chi connectivity index (χ4v) is 4.12.